The topological polar surface area (TPSA) is 103 Å². The number of methoxy groups -OCH3 is 1. The zero-order valence-electron chi connectivity index (χ0n) is 24.9. The first-order valence-electron chi connectivity index (χ1n) is 14.6. The van der Waals surface area contributed by atoms with E-state index in [1.165, 1.54) is 4.90 Å². The molecule has 1 saturated heterocycles. The van der Waals surface area contributed by atoms with Crippen molar-refractivity contribution in [1.29, 1.82) is 0 Å². The van der Waals surface area contributed by atoms with Crippen LogP contribution in [0.3, 0.4) is 0 Å². The van der Waals surface area contributed by atoms with Crippen LogP contribution < -0.4 is 14.2 Å². The van der Waals surface area contributed by atoms with Crippen molar-refractivity contribution in [3.05, 3.63) is 77.9 Å². The third-order valence-electron chi connectivity index (χ3n) is 7.24. The molecule has 1 aliphatic rings. The highest BCUT2D eigenvalue weighted by molar-refractivity contribution is 6.46. The number of benzene rings is 2. The van der Waals surface area contributed by atoms with Gasteiger partial charge in [-0.2, -0.15) is 0 Å². The minimum Gasteiger partial charge on any atom is -0.507 e. The van der Waals surface area contributed by atoms with Crippen LogP contribution in [0.5, 0.6) is 17.2 Å². The van der Waals surface area contributed by atoms with Crippen molar-refractivity contribution in [3.63, 3.8) is 0 Å². The summed E-state index contributed by atoms with van der Waals surface area (Å²) >= 11 is 0. The number of rotatable bonds is 15. The molecule has 3 aromatic rings. The Kier molecular flexibility index (Phi) is 10.6. The zero-order chi connectivity index (χ0) is 30.1. The number of ether oxygens (including phenoxy) is 3. The van der Waals surface area contributed by atoms with Crippen molar-refractivity contribution in [3.8, 4) is 17.2 Å². The predicted molar refractivity (Wildman–Crippen MR) is 161 cm³/mol. The molecular weight excluding hydrogens is 534 g/mol. The Labute approximate surface area is 247 Å². The third-order valence-corrected chi connectivity index (χ3v) is 7.24. The summed E-state index contributed by atoms with van der Waals surface area (Å²) in [6.07, 6.45) is 8.64. The first-order chi connectivity index (χ1) is 20.3. The van der Waals surface area contributed by atoms with Crippen LogP contribution in [0.25, 0.3) is 5.76 Å². The minimum absolute atomic E-state index is 0.0314. The second-order valence-corrected chi connectivity index (χ2v) is 10.8. The number of aliphatic hydroxyl groups is 1. The summed E-state index contributed by atoms with van der Waals surface area (Å²) in [4.78, 5) is 32.5. The van der Waals surface area contributed by atoms with Gasteiger partial charge in [-0.1, -0.05) is 45.4 Å². The fourth-order valence-corrected chi connectivity index (χ4v) is 4.90. The van der Waals surface area contributed by atoms with E-state index in [1.54, 1.807) is 50.0 Å². The lowest BCUT2D eigenvalue weighted by molar-refractivity contribution is -0.139. The monoisotopic (exact) mass is 575 g/mol. The van der Waals surface area contributed by atoms with Crippen LogP contribution in [0.4, 0.5) is 0 Å². The number of aliphatic hydroxyl groups excluding tert-OH is 1. The van der Waals surface area contributed by atoms with Crippen LogP contribution in [0.2, 0.25) is 0 Å². The number of unbranched alkanes of at least 4 members (excludes halogenated alkanes) is 1. The number of hydrogen-bond acceptors (Lipinski definition) is 7. The van der Waals surface area contributed by atoms with E-state index in [1.807, 2.05) is 22.9 Å². The lowest BCUT2D eigenvalue weighted by Gasteiger charge is -2.26. The Morgan fingerprint density at radius 1 is 1.02 bits per heavy atom. The molecule has 0 aliphatic carbocycles. The summed E-state index contributed by atoms with van der Waals surface area (Å²) < 4.78 is 19.4. The van der Waals surface area contributed by atoms with E-state index in [4.69, 9.17) is 14.2 Å². The summed E-state index contributed by atoms with van der Waals surface area (Å²) in [6, 6.07) is 11.6. The number of amides is 1. The Bertz CT molecular complexity index is 1380. The number of imidazole rings is 1. The van der Waals surface area contributed by atoms with Gasteiger partial charge in [-0.25, -0.2) is 4.98 Å². The molecule has 0 radical (unpaired) electrons. The standard InChI is InChI=1S/C33H41N3O6/c1-5-6-18-41-26-10-7-9-25(20-26)31(37)29-30(24-11-12-27(28(21-24)40-4)42-19-13-23(2)3)36(33(39)32(29)38)16-8-15-35-17-14-34-22-35/h7,9-12,14,17,20-23,30,37H,5-6,8,13,15-16,18-19H2,1-4H3/b31-29+. The van der Waals surface area contributed by atoms with Gasteiger partial charge in [0.25, 0.3) is 11.7 Å². The van der Waals surface area contributed by atoms with E-state index < -0.39 is 17.7 Å². The SMILES string of the molecule is CCCCOc1cccc(/C(O)=C2\C(=O)C(=O)N(CCCn3ccnc3)C2c2ccc(OCCC(C)C)c(OC)c2)c1. The van der Waals surface area contributed by atoms with Gasteiger partial charge in [0.05, 0.1) is 38.3 Å². The van der Waals surface area contributed by atoms with Crippen LogP contribution in [0.15, 0.2) is 66.8 Å². The van der Waals surface area contributed by atoms with Crippen LogP contribution in [0.1, 0.15) is 63.6 Å². The molecule has 1 atom stereocenters. The van der Waals surface area contributed by atoms with E-state index in [0.717, 1.165) is 19.3 Å². The predicted octanol–water partition coefficient (Wildman–Crippen LogP) is 6.01. The van der Waals surface area contributed by atoms with Crippen molar-refractivity contribution in [1.82, 2.24) is 14.5 Å². The number of nitrogens with zero attached hydrogens (tertiary/aromatic N) is 3. The van der Waals surface area contributed by atoms with E-state index in [9.17, 15) is 14.7 Å². The summed E-state index contributed by atoms with van der Waals surface area (Å²) in [6.45, 7) is 8.36. The van der Waals surface area contributed by atoms with Crippen LogP contribution in [0, 0.1) is 5.92 Å². The Hall–Kier alpha value is -4.27. The number of ketones is 1. The summed E-state index contributed by atoms with van der Waals surface area (Å²) in [5.74, 6) is 0.526. The maximum Gasteiger partial charge on any atom is 0.295 e. The first-order valence-corrected chi connectivity index (χ1v) is 14.6. The number of hydrogen-bond donors (Lipinski definition) is 1. The highest BCUT2D eigenvalue weighted by Crippen LogP contribution is 2.42. The lowest BCUT2D eigenvalue weighted by Crippen LogP contribution is -2.31. The van der Waals surface area contributed by atoms with E-state index in [-0.39, 0.29) is 11.3 Å². The molecule has 0 saturated carbocycles. The van der Waals surface area contributed by atoms with Crippen molar-refractivity contribution in [2.24, 2.45) is 5.92 Å². The second-order valence-electron chi connectivity index (χ2n) is 10.8. The minimum atomic E-state index is -0.809. The molecule has 1 N–H and O–H groups in total. The van der Waals surface area contributed by atoms with Gasteiger partial charge in [-0.05, 0) is 55.0 Å². The fourth-order valence-electron chi connectivity index (χ4n) is 4.90. The Morgan fingerprint density at radius 3 is 2.57 bits per heavy atom. The molecule has 1 unspecified atom stereocenters. The highest BCUT2D eigenvalue weighted by atomic mass is 16.5. The van der Waals surface area contributed by atoms with Gasteiger partial charge >= 0.3 is 0 Å². The van der Waals surface area contributed by atoms with Crippen molar-refractivity contribution < 1.29 is 28.9 Å². The third kappa shape index (κ3) is 7.32. The number of aromatic nitrogens is 2. The molecule has 1 aromatic heterocycles. The zero-order valence-corrected chi connectivity index (χ0v) is 24.9. The molecule has 2 aromatic carbocycles. The van der Waals surface area contributed by atoms with Gasteiger partial charge in [0.15, 0.2) is 11.5 Å². The fraction of sp³-hybridized carbons (Fsp3) is 0.424. The van der Waals surface area contributed by atoms with E-state index >= 15 is 0 Å². The molecule has 0 bridgehead atoms. The van der Waals surface area contributed by atoms with Gasteiger partial charge in [-0.15, -0.1) is 0 Å². The number of likely N-dealkylation sites (tertiary alicyclic amines) is 1. The Morgan fingerprint density at radius 2 is 1.86 bits per heavy atom. The maximum absolute atomic E-state index is 13.5. The molecule has 224 valence electrons. The average molecular weight is 576 g/mol. The van der Waals surface area contributed by atoms with Gasteiger partial charge < -0.3 is 28.8 Å². The number of carbonyl (C=O) groups is 2. The first kappa shape index (κ1) is 30.7. The van der Waals surface area contributed by atoms with Gasteiger partial charge in [0.2, 0.25) is 0 Å². The number of carbonyl (C=O) groups excluding carboxylic acids is 2. The Balaban J connectivity index is 1.71. The normalized spacial score (nSPS) is 16.3. The van der Waals surface area contributed by atoms with Gasteiger partial charge in [0, 0.05) is 31.0 Å². The molecule has 1 amide bonds. The molecule has 0 spiro atoms. The van der Waals surface area contributed by atoms with Gasteiger partial charge in [0.1, 0.15) is 11.5 Å². The van der Waals surface area contributed by atoms with Crippen molar-refractivity contribution in [2.45, 2.75) is 59.0 Å². The molecule has 42 heavy (non-hydrogen) atoms. The lowest BCUT2D eigenvalue weighted by atomic mass is 9.95. The molecule has 1 aliphatic heterocycles. The molecule has 9 heteroatoms. The summed E-state index contributed by atoms with van der Waals surface area (Å²) in [5, 5.41) is 11.5. The van der Waals surface area contributed by atoms with E-state index in [0.29, 0.717) is 67.0 Å². The molecule has 4 rings (SSSR count). The smallest absolute Gasteiger partial charge is 0.295 e. The number of Topliss-reactive ketones (excluding diaryl/α,β-unsaturated/α-hetero) is 1. The van der Waals surface area contributed by atoms with Crippen LogP contribution in [-0.4, -0.2) is 58.1 Å². The quantitative estimate of drug-likeness (QED) is 0.102. The van der Waals surface area contributed by atoms with Crippen LogP contribution in [-0.2, 0) is 16.1 Å². The highest BCUT2D eigenvalue weighted by Gasteiger charge is 2.46. The summed E-state index contributed by atoms with van der Waals surface area (Å²) in [7, 11) is 1.56. The second kappa shape index (κ2) is 14.6. The number of aryl methyl sites for hydroxylation is 1. The van der Waals surface area contributed by atoms with E-state index in [2.05, 4.69) is 25.8 Å². The molecular formula is C33H41N3O6. The van der Waals surface area contributed by atoms with Crippen LogP contribution >= 0.6 is 0 Å². The average Bonchev–Trinajstić information content (AvgIpc) is 3.59. The van der Waals surface area contributed by atoms with Gasteiger partial charge in [-0.3, -0.25) is 9.59 Å². The summed E-state index contributed by atoms with van der Waals surface area (Å²) in [5.41, 5.74) is 1.08. The van der Waals surface area contributed by atoms with Crippen molar-refractivity contribution >= 4 is 17.4 Å². The maximum atomic E-state index is 13.5. The molecule has 9 nitrogen and oxygen atoms in total. The molecule has 2 heterocycles. The largest absolute Gasteiger partial charge is 0.507 e. The van der Waals surface area contributed by atoms with Crippen molar-refractivity contribution in [2.75, 3.05) is 26.9 Å². The molecule has 1 fully saturated rings.